The van der Waals surface area contributed by atoms with Gasteiger partial charge in [-0.3, -0.25) is 4.79 Å². The van der Waals surface area contributed by atoms with E-state index in [0.29, 0.717) is 11.7 Å². The first-order valence-electron chi connectivity index (χ1n) is 4.92. The van der Waals surface area contributed by atoms with E-state index in [2.05, 4.69) is 6.58 Å². The zero-order valence-corrected chi connectivity index (χ0v) is 8.51. The fraction of sp³-hybridized carbons (Fsp3) is 0.727. The van der Waals surface area contributed by atoms with Crippen LogP contribution in [0.3, 0.4) is 0 Å². The lowest BCUT2D eigenvalue weighted by atomic mass is 9.94. The number of hydrogen-bond acceptors (Lipinski definition) is 2. The molecule has 1 saturated heterocycles. The maximum Gasteiger partial charge on any atom is 0.160 e. The fourth-order valence-electron chi connectivity index (χ4n) is 1.75. The van der Waals surface area contributed by atoms with E-state index in [4.69, 9.17) is 4.74 Å². The number of allylic oxidation sites excluding steroid dienone is 1. The van der Waals surface area contributed by atoms with Crippen LogP contribution < -0.4 is 0 Å². The van der Waals surface area contributed by atoms with Gasteiger partial charge in [0.15, 0.2) is 5.78 Å². The van der Waals surface area contributed by atoms with Gasteiger partial charge in [0.2, 0.25) is 0 Å². The van der Waals surface area contributed by atoms with Gasteiger partial charge in [0.1, 0.15) is 0 Å². The average molecular weight is 182 g/mol. The summed E-state index contributed by atoms with van der Waals surface area (Å²) in [6.07, 6.45) is 3.40. The van der Waals surface area contributed by atoms with Gasteiger partial charge in [-0.25, -0.2) is 0 Å². The monoisotopic (exact) mass is 182 g/mol. The van der Waals surface area contributed by atoms with Gasteiger partial charge in [0.05, 0.1) is 6.10 Å². The largest absolute Gasteiger partial charge is 0.378 e. The van der Waals surface area contributed by atoms with Gasteiger partial charge in [-0.2, -0.15) is 0 Å². The molecule has 2 heteroatoms. The van der Waals surface area contributed by atoms with Gasteiger partial charge < -0.3 is 4.74 Å². The molecular weight excluding hydrogens is 164 g/mol. The van der Waals surface area contributed by atoms with Gasteiger partial charge >= 0.3 is 0 Å². The summed E-state index contributed by atoms with van der Waals surface area (Å²) in [4.78, 5) is 11.5. The smallest absolute Gasteiger partial charge is 0.160 e. The number of Topliss-reactive ketones (excluding diaryl/α,β-unsaturated/α-hetero) is 1. The maximum absolute atomic E-state index is 11.5. The molecule has 0 aliphatic carbocycles. The Morgan fingerprint density at radius 1 is 1.69 bits per heavy atom. The quantitative estimate of drug-likeness (QED) is 0.624. The molecule has 2 nitrogen and oxygen atoms in total. The minimum atomic E-state index is 0.0700. The SMILES string of the molecule is C=C(C)C(=O)[C@@H](C)CC1CCCO1. The Kier molecular flexibility index (Phi) is 3.67. The summed E-state index contributed by atoms with van der Waals surface area (Å²) in [6.45, 7) is 8.25. The van der Waals surface area contributed by atoms with Crippen molar-refractivity contribution in [3.05, 3.63) is 12.2 Å². The second-order valence-electron chi connectivity index (χ2n) is 3.92. The molecule has 1 heterocycles. The number of ether oxygens (including phenoxy) is 1. The molecule has 1 aliphatic heterocycles. The predicted octanol–water partition coefficient (Wildman–Crippen LogP) is 2.34. The van der Waals surface area contributed by atoms with Gasteiger partial charge in [0.25, 0.3) is 0 Å². The third-order valence-electron chi connectivity index (χ3n) is 2.51. The van der Waals surface area contributed by atoms with Crippen LogP contribution in [-0.4, -0.2) is 18.5 Å². The summed E-state index contributed by atoms with van der Waals surface area (Å²) in [7, 11) is 0. The van der Waals surface area contributed by atoms with Crippen molar-refractivity contribution in [3.63, 3.8) is 0 Å². The van der Waals surface area contributed by atoms with E-state index >= 15 is 0 Å². The average Bonchev–Trinajstić information content (AvgIpc) is 2.55. The van der Waals surface area contributed by atoms with Crippen LogP contribution in [0.2, 0.25) is 0 Å². The van der Waals surface area contributed by atoms with Crippen LogP contribution in [0.1, 0.15) is 33.1 Å². The van der Waals surface area contributed by atoms with Crippen molar-refractivity contribution < 1.29 is 9.53 Å². The van der Waals surface area contributed by atoms with Crippen LogP contribution in [0, 0.1) is 5.92 Å². The second-order valence-corrected chi connectivity index (χ2v) is 3.92. The summed E-state index contributed by atoms with van der Waals surface area (Å²) < 4.78 is 5.47. The number of carbonyl (C=O) groups is 1. The Balaban J connectivity index is 2.35. The molecule has 1 unspecified atom stereocenters. The maximum atomic E-state index is 11.5. The van der Waals surface area contributed by atoms with Crippen LogP contribution in [0.25, 0.3) is 0 Å². The summed E-state index contributed by atoms with van der Waals surface area (Å²) in [5, 5.41) is 0. The molecule has 74 valence electrons. The van der Waals surface area contributed by atoms with Crippen LogP contribution in [0.5, 0.6) is 0 Å². The zero-order chi connectivity index (χ0) is 9.84. The molecule has 0 bridgehead atoms. The zero-order valence-electron chi connectivity index (χ0n) is 8.51. The lowest BCUT2D eigenvalue weighted by Crippen LogP contribution is -2.18. The summed E-state index contributed by atoms with van der Waals surface area (Å²) in [6, 6.07) is 0. The molecule has 0 aromatic heterocycles. The Labute approximate surface area is 80.0 Å². The Bertz CT molecular complexity index is 202. The van der Waals surface area contributed by atoms with E-state index in [9.17, 15) is 4.79 Å². The van der Waals surface area contributed by atoms with E-state index in [1.165, 1.54) is 0 Å². The molecule has 0 aromatic rings. The lowest BCUT2D eigenvalue weighted by molar-refractivity contribution is -0.119. The molecule has 0 saturated carbocycles. The molecule has 0 N–H and O–H groups in total. The van der Waals surface area contributed by atoms with Crippen LogP contribution in [-0.2, 0) is 9.53 Å². The van der Waals surface area contributed by atoms with Crippen molar-refractivity contribution in [1.82, 2.24) is 0 Å². The Morgan fingerprint density at radius 3 is 2.85 bits per heavy atom. The highest BCUT2D eigenvalue weighted by Gasteiger charge is 2.22. The third kappa shape index (κ3) is 2.96. The van der Waals surface area contributed by atoms with Crippen LogP contribution in [0.15, 0.2) is 12.2 Å². The van der Waals surface area contributed by atoms with Crippen LogP contribution in [0.4, 0.5) is 0 Å². The molecule has 2 atom stereocenters. The van der Waals surface area contributed by atoms with Gasteiger partial charge in [-0.1, -0.05) is 13.5 Å². The summed E-state index contributed by atoms with van der Waals surface area (Å²) in [5.74, 6) is 0.246. The molecule has 0 spiro atoms. The Hall–Kier alpha value is -0.630. The summed E-state index contributed by atoms with van der Waals surface area (Å²) >= 11 is 0. The van der Waals surface area contributed by atoms with E-state index in [1.54, 1.807) is 6.92 Å². The summed E-state index contributed by atoms with van der Waals surface area (Å²) in [5.41, 5.74) is 0.658. The first-order valence-corrected chi connectivity index (χ1v) is 4.92. The number of carbonyl (C=O) groups excluding carboxylic acids is 1. The molecule has 1 fully saturated rings. The number of hydrogen-bond donors (Lipinski definition) is 0. The highest BCUT2D eigenvalue weighted by atomic mass is 16.5. The van der Waals surface area contributed by atoms with E-state index < -0.39 is 0 Å². The minimum absolute atomic E-state index is 0.0700. The first kappa shape index (κ1) is 10.5. The first-order chi connectivity index (χ1) is 6.11. The minimum Gasteiger partial charge on any atom is -0.378 e. The lowest BCUT2D eigenvalue weighted by Gasteiger charge is -2.14. The predicted molar refractivity (Wildman–Crippen MR) is 52.6 cm³/mol. The third-order valence-corrected chi connectivity index (χ3v) is 2.51. The van der Waals surface area contributed by atoms with E-state index in [-0.39, 0.29) is 11.7 Å². The highest BCUT2D eigenvalue weighted by molar-refractivity contribution is 5.95. The molecule has 0 amide bonds. The van der Waals surface area contributed by atoms with Crippen molar-refractivity contribution in [2.75, 3.05) is 6.61 Å². The van der Waals surface area contributed by atoms with E-state index in [0.717, 1.165) is 25.9 Å². The Morgan fingerprint density at radius 2 is 2.38 bits per heavy atom. The van der Waals surface area contributed by atoms with Crippen molar-refractivity contribution in [2.24, 2.45) is 5.92 Å². The van der Waals surface area contributed by atoms with Crippen molar-refractivity contribution in [3.8, 4) is 0 Å². The molecule has 13 heavy (non-hydrogen) atoms. The van der Waals surface area contributed by atoms with Gasteiger partial charge in [-0.05, 0) is 31.8 Å². The highest BCUT2D eigenvalue weighted by Crippen LogP contribution is 2.21. The molecule has 0 aromatic carbocycles. The van der Waals surface area contributed by atoms with Crippen molar-refractivity contribution in [1.29, 1.82) is 0 Å². The molecule has 1 aliphatic rings. The van der Waals surface area contributed by atoms with Gasteiger partial charge in [0, 0.05) is 12.5 Å². The normalized spacial score (nSPS) is 24.3. The van der Waals surface area contributed by atoms with Crippen molar-refractivity contribution in [2.45, 2.75) is 39.2 Å². The molecule has 1 rings (SSSR count). The van der Waals surface area contributed by atoms with Crippen LogP contribution >= 0.6 is 0 Å². The standard InChI is InChI=1S/C11H18O2/c1-8(2)11(12)9(3)7-10-5-4-6-13-10/h9-10H,1,4-7H2,2-3H3/t9-,10?/m0/s1. The van der Waals surface area contributed by atoms with E-state index in [1.807, 2.05) is 6.92 Å². The second kappa shape index (κ2) is 4.56. The van der Waals surface area contributed by atoms with Crippen molar-refractivity contribution >= 4 is 5.78 Å². The topological polar surface area (TPSA) is 26.3 Å². The number of rotatable bonds is 4. The number of ketones is 1. The molecular formula is C11H18O2. The molecule has 0 radical (unpaired) electrons. The fourth-order valence-corrected chi connectivity index (χ4v) is 1.75. The van der Waals surface area contributed by atoms with Gasteiger partial charge in [-0.15, -0.1) is 0 Å².